The van der Waals surface area contributed by atoms with Gasteiger partial charge in [-0.1, -0.05) is 31.5 Å². The number of nitrogens with zero attached hydrogens (tertiary/aromatic N) is 1. The summed E-state index contributed by atoms with van der Waals surface area (Å²) in [5.41, 5.74) is 4.68. The Bertz CT molecular complexity index is 990. The molecule has 8 nitrogen and oxygen atoms in total. The van der Waals surface area contributed by atoms with Gasteiger partial charge in [-0.15, -0.1) is 0 Å². The number of rotatable bonds is 9. The number of esters is 1. The van der Waals surface area contributed by atoms with Crippen LogP contribution in [0.3, 0.4) is 0 Å². The standard InChI is InChI=1S/C23H26BrN3O5/c1-14(2)21(26-22(29)17-8-5-15(3)6-9-17)23(30)27-25-12-16-7-10-19(18(24)11-16)32-13-20(28)31-4/h5-12,14,21H,13H2,1-4H3,(H,26,29)(H,27,30)/b25-12-. The number of halogens is 1. The lowest BCUT2D eigenvalue weighted by Crippen LogP contribution is -2.48. The summed E-state index contributed by atoms with van der Waals surface area (Å²) in [7, 11) is 1.28. The number of hydrogen-bond acceptors (Lipinski definition) is 6. The minimum Gasteiger partial charge on any atom is -0.481 e. The van der Waals surface area contributed by atoms with Crippen molar-refractivity contribution in [1.82, 2.24) is 10.7 Å². The predicted molar refractivity (Wildman–Crippen MR) is 125 cm³/mol. The van der Waals surface area contributed by atoms with Crippen molar-refractivity contribution in [3.05, 3.63) is 63.6 Å². The number of amides is 2. The molecule has 0 spiro atoms. The Labute approximate surface area is 195 Å². The zero-order chi connectivity index (χ0) is 23.7. The van der Waals surface area contributed by atoms with Crippen LogP contribution < -0.4 is 15.5 Å². The van der Waals surface area contributed by atoms with Crippen molar-refractivity contribution < 1.29 is 23.9 Å². The van der Waals surface area contributed by atoms with E-state index in [9.17, 15) is 14.4 Å². The van der Waals surface area contributed by atoms with E-state index in [2.05, 4.69) is 36.5 Å². The number of hydrogen-bond donors (Lipinski definition) is 2. The van der Waals surface area contributed by atoms with Crippen molar-refractivity contribution in [1.29, 1.82) is 0 Å². The van der Waals surface area contributed by atoms with Gasteiger partial charge in [0.25, 0.3) is 11.8 Å². The lowest BCUT2D eigenvalue weighted by Gasteiger charge is -2.20. The summed E-state index contributed by atoms with van der Waals surface area (Å²) in [6.07, 6.45) is 1.46. The molecule has 1 atom stereocenters. The van der Waals surface area contributed by atoms with Crippen LogP contribution in [-0.4, -0.2) is 43.8 Å². The molecule has 0 heterocycles. The van der Waals surface area contributed by atoms with Crippen LogP contribution in [0.25, 0.3) is 0 Å². The van der Waals surface area contributed by atoms with Gasteiger partial charge in [-0.25, -0.2) is 10.2 Å². The third-order valence-corrected chi connectivity index (χ3v) is 5.09. The van der Waals surface area contributed by atoms with Crippen LogP contribution in [0.15, 0.2) is 52.0 Å². The molecule has 1 unspecified atom stereocenters. The van der Waals surface area contributed by atoms with E-state index in [1.54, 1.807) is 30.3 Å². The first-order chi connectivity index (χ1) is 15.2. The molecule has 2 aromatic carbocycles. The number of carbonyl (C=O) groups excluding carboxylic acids is 3. The Kier molecular flexibility index (Phi) is 9.39. The third kappa shape index (κ3) is 7.49. The summed E-state index contributed by atoms with van der Waals surface area (Å²) in [5.74, 6) is -0.905. The van der Waals surface area contributed by atoms with Crippen LogP contribution in [0.1, 0.15) is 35.3 Å². The molecule has 0 fully saturated rings. The van der Waals surface area contributed by atoms with E-state index in [0.29, 0.717) is 21.3 Å². The molecule has 0 aliphatic rings. The number of ether oxygens (including phenoxy) is 2. The zero-order valence-corrected chi connectivity index (χ0v) is 19.9. The molecule has 0 aromatic heterocycles. The predicted octanol–water partition coefficient (Wildman–Crippen LogP) is 3.21. The molecule has 2 aromatic rings. The fraction of sp³-hybridized carbons (Fsp3) is 0.304. The first-order valence-electron chi connectivity index (χ1n) is 9.91. The summed E-state index contributed by atoms with van der Waals surface area (Å²) in [4.78, 5) is 36.2. The Morgan fingerprint density at radius 2 is 1.81 bits per heavy atom. The summed E-state index contributed by atoms with van der Waals surface area (Å²) < 4.78 is 10.5. The largest absolute Gasteiger partial charge is 0.481 e. The van der Waals surface area contributed by atoms with E-state index in [1.165, 1.54) is 13.3 Å². The van der Waals surface area contributed by atoms with Gasteiger partial charge in [0.2, 0.25) is 0 Å². The SMILES string of the molecule is COC(=O)COc1ccc(/C=N\NC(=O)C(NC(=O)c2ccc(C)cc2)C(C)C)cc1Br. The third-order valence-electron chi connectivity index (χ3n) is 4.47. The van der Waals surface area contributed by atoms with Crippen molar-refractivity contribution in [3.63, 3.8) is 0 Å². The molecule has 2 rings (SSSR count). The number of benzene rings is 2. The Balaban J connectivity index is 1.97. The van der Waals surface area contributed by atoms with Gasteiger partial charge in [0.05, 0.1) is 17.8 Å². The molecule has 0 radical (unpaired) electrons. The number of methoxy groups -OCH3 is 1. The van der Waals surface area contributed by atoms with Crippen molar-refractivity contribution in [2.75, 3.05) is 13.7 Å². The molecule has 0 saturated heterocycles. The van der Waals surface area contributed by atoms with Gasteiger partial charge in [-0.3, -0.25) is 9.59 Å². The first kappa shape index (κ1) is 25.1. The van der Waals surface area contributed by atoms with E-state index in [0.717, 1.165) is 5.56 Å². The molecule has 0 aliphatic heterocycles. The zero-order valence-electron chi connectivity index (χ0n) is 18.3. The fourth-order valence-corrected chi connectivity index (χ4v) is 3.13. The molecule has 0 saturated carbocycles. The number of hydrazone groups is 1. The van der Waals surface area contributed by atoms with Crippen molar-refractivity contribution >= 4 is 39.9 Å². The number of nitrogens with one attached hydrogen (secondary N) is 2. The van der Waals surface area contributed by atoms with Crippen molar-refractivity contribution in [2.45, 2.75) is 26.8 Å². The number of aryl methyl sites for hydroxylation is 1. The maximum Gasteiger partial charge on any atom is 0.343 e. The van der Waals surface area contributed by atoms with E-state index in [4.69, 9.17) is 4.74 Å². The average Bonchev–Trinajstić information content (AvgIpc) is 2.76. The summed E-state index contributed by atoms with van der Waals surface area (Å²) >= 11 is 3.36. The second kappa shape index (κ2) is 12.0. The average molecular weight is 504 g/mol. The molecule has 2 N–H and O–H groups in total. The molecule has 0 aliphatic carbocycles. The summed E-state index contributed by atoms with van der Waals surface area (Å²) in [6, 6.07) is 11.5. The molecule has 2 amide bonds. The van der Waals surface area contributed by atoms with Gasteiger partial charge < -0.3 is 14.8 Å². The second-order valence-corrected chi connectivity index (χ2v) is 8.20. The van der Waals surface area contributed by atoms with E-state index in [-0.39, 0.29) is 18.4 Å². The monoisotopic (exact) mass is 503 g/mol. The Hall–Kier alpha value is -3.20. The van der Waals surface area contributed by atoms with Gasteiger partial charge in [0.1, 0.15) is 11.8 Å². The normalized spacial score (nSPS) is 11.8. The van der Waals surface area contributed by atoms with Crippen molar-refractivity contribution in [3.8, 4) is 5.75 Å². The molecular weight excluding hydrogens is 478 g/mol. The molecule has 9 heteroatoms. The lowest BCUT2D eigenvalue weighted by molar-refractivity contribution is -0.142. The maximum atomic E-state index is 12.6. The van der Waals surface area contributed by atoms with Gasteiger partial charge in [-0.05, 0) is 64.7 Å². The maximum absolute atomic E-state index is 12.6. The van der Waals surface area contributed by atoms with Crippen LogP contribution >= 0.6 is 15.9 Å². The summed E-state index contributed by atoms with van der Waals surface area (Å²) in [6.45, 7) is 5.41. The van der Waals surface area contributed by atoms with Crippen LogP contribution in [-0.2, 0) is 14.3 Å². The molecule has 32 heavy (non-hydrogen) atoms. The highest BCUT2D eigenvalue weighted by Gasteiger charge is 2.24. The van der Waals surface area contributed by atoms with Crippen LogP contribution in [0, 0.1) is 12.8 Å². The van der Waals surface area contributed by atoms with Crippen molar-refractivity contribution in [2.24, 2.45) is 11.0 Å². The van der Waals surface area contributed by atoms with Gasteiger partial charge in [-0.2, -0.15) is 5.10 Å². The van der Waals surface area contributed by atoms with E-state index < -0.39 is 17.9 Å². The topological polar surface area (TPSA) is 106 Å². The second-order valence-electron chi connectivity index (χ2n) is 7.35. The molecular formula is C23H26BrN3O5. The van der Waals surface area contributed by atoms with E-state index >= 15 is 0 Å². The smallest absolute Gasteiger partial charge is 0.343 e. The van der Waals surface area contributed by atoms with E-state index in [1.807, 2.05) is 32.9 Å². The molecule has 170 valence electrons. The van der Waals surface area contributed by atoms with Crippen LogP contribution in [0.2, 0.25) is 0 Å². The van der Waals surface area contributed by atoms with Crippen LogP contribution in [0.4, 0.5) is 0 Å². The Morgan fingerprint density at radius 3 is 2.41 bits per heavy atom. The lowest BCUT2D eigenvalue weighted by atomic mass is 10.0. The Morgan fingerprint density at radius 1 is 1.12 bits per heavy atom. The van der Waals surface area contributed by atoms with Gasteiger partial charge in [0, 0.05) is 5.56 Å². The highest BCUT2D eigenvalue weighted by Crippen LogP contribution is 2.25. The number of carbonyl (C=O) groups is 3. The molecule has 0 bridgehead atoms. The summed E-state index contributed by atoms with van der Waals surface area (Å²) in [5, 5.41) is 6.74. The highest BCUT2D eigenvalue weighted by atomic mass is 79.9. The quantitative estimate of drug-likeness (QED) is 0.310. The van der Waals surface area contributed by atoms with Crippen LogP contribution in [0.5, 0.6) is 5.75 Å². The minimum absolute atomic E-state index is 0.139. The van der Waals surface area contributed by atoms with Gasteiger partial charge >= 0.3 is 5.97 Å². The highest BCUT2D eigenvalue weighted by molar-refractivity contribution is 9.10. The first-order valence-corrected chi connectivity index (χ1v) is 10.7. The minimum atomic E-state index is -0.748. The fourth-order valence-electron chi connectivity index (χ4n) is 2.61. The van der Waals surface area contributed by atoms with Gasteiger partial charge in [0.15, 0.2) is 6.61 Å².